The summed E-state index contributed by atoms with van der Waals surface area (Å²) in [5, 5.41) is 13.3. The number of nitrogens with one attached hydrogen (secondary N) is 1. The van der Waals surface area contributed by atoms with E-state index < -0.39 is 0 Å². The number of fused-ring (bicyclic) bond motifs is 1. The lowest BCUT2D eigenvalue weighted by atomic mass is 10.1. The van der Waals surface area contributed by atoms with Gasteiger partial charge in [-0.25, -0.2) is 0 Å². The minimum absolute atomic E-state index is 0.0265. The Morgan fingerprint density at radius 1 is 0.933 bits per heavy atom. The zero-order valence-electron chi connectivity index (χ0n) is 16.5. The number of nitrogens with zero attached hydrogens (tertiary/aromatic N) is 3. The summed E-state index contributed by atoms with van der Waals surface area (Å²) in [5.74, 6) is -0.145. The second-order valence-electron chi connectivity index (χ2n) is 7.06. The summed E-state index contributed by atoms with van der Waals surface area (Å²) < 4.78 is 0. The second-order valence-corrected chi connectivity index (χ2v) is 8.07. The van der Waals surface area contributed by atoms with Gasteiger partial charge in [0, 0.05) is 36.5 Å². The fourth-order valence-corrected chi connectivity index (χ4v) is 4.17. The minimum Gasteiger partial charge on any atom is -0.338 e. The van der Waals surface area contributed by atoms with Gasteiger partial charge < -0.3 is 10.2 Å². The Kier molecular flexibility index (Phi) is 6.29. The van der Waals surface area contributed by atoms with Gasteiger partial charge in [0.05, 0.1) is 11.4 Å². The molecular formula is C23H22N4O2S. The van der Waals surface area contributed by atoms with Crippen LogP contribution < -0.4 is 5.32 Å². The molecule has 1 aliphatic heterocycles. The third-order valence-electron chi connectivity index (χ3n) is 4.91. The van der Waals surface area contributed by atoms with E-state index in [1.807, 2.05) is 35.2 Å². The molecule has 2 aromatic carbocycles. The summed E-state index contributed by atoms with van der Waals surface area (Å²) in [6, 6.07) is 18.7. The van der Waals surface area contributed by atoms with Crippen molar-refractivity contribution in [2.24, 2.45) is 10.2 Å². The standard InChI is InChI=1S/C23H22N4O2S/c28-22(10-11-23(29)27-14-12-21-17(16-27)13-15-30-21)24-18-6-8-20(9-7-18)26-25-19-4-2-1-3-5-19/h1-9,13,15H,10-12,14,16H2,(H,24,28). The average molecular weight is 419 g/mol. The van der Waals surface area contributed by atoms with Crippen LogP contribution in [0.5, 0.6) is 0 Å². The van der Waals surface area contributed by atoms with Gasteiger partial charge in [-0.05, 0) is 59.8 Å². The number of thiophene rings is 1. The first-order chi connectivity index (χ1) is 14.7. The molecule has 3 aromatic rings. The Morgan fingerprint density at radius 3 is 2.43 bits per heavy atom. The van der Waals surface area contributed by atoms with Crippen molar-refractivity contribution in [1.82, 2.24) is 4.90 Å². The minimum atomic E-state index is -0.171. The van der Waals surface area contributed by atoms with Gasteiger partial charge in [0.2, 0.25) is 11.8 Å². The quantitative estimate of drug-likeness (QED) is 0.539. The van der Waals surface area contributed by atoms with E-state index in [-0.39, 0.29) is 24.7 Å². The van der Waals surface area contributed by atoms with Crippen LogP contribution >= 0.6 is 11.3 Å². The Bertz CT molecular complexity index is 1040. The van der Waals surface area contributed by atoms with Gasteiger partial charge in [-0.1, -0.05) is 18.2 Å². The number of carbonyl (C=O) groups is 2. The lowest BCUT2D eigenvalue weighted by Crippen LogP contribution is -2.35. The maximum Gasteiger partial charge on any atom is 0.224 e. The van der Waals surface area contributed by atoms with Crippen molar-refractivity contribution < 1.29 is 9.59 Å². The zero-order valence-corrected chi connectivity index (χ0v) is 17.3. The fourth-order valence-electron chi connectivity index (χ4n) is 3.28. The summed E-state index contributed by atoms with van der Waals surface area (Å²) in [4.78, 5) is 27.9. The number of azo groups is 1. The molecule has 2 amide bonds. The summed E-state index contributed by atoms with van der Waals surface area (Å²) in [6.07, 6.45) is 1.29. The van der Waals surface area contributed by atoms with Crippen LogP contribution in [-0.4, -0.2) is 23.3 Å². The second kappa shape index (κ2) is 9.45. The maximum atomic E-state index is 12.4. The van der Waals surface area contributed by atoms with E-state index in [1.54, 1.807) is 35.6 Å². The van der Waals surface area contributed by atoms with E-state index in [2.05, 4.69) is 27.0 Å². The molecule has 0 unspecified atom stereocenters. The van der Waals surface area contributed by atoms with Crippen molar-refractivity contribution in [2.45, 2.75) is 25.8 Å². The summed E-state index contributed by atoms with van der Waals surface area (Å²) in [6.45, 7) is 1.38. The Balaban J connectivity index is 1.24. The van der Waals surface area contributed by atoms with E-state index in [0.29, 0.717) is 17.9 Å². The highest BCUT2D eigenvalue weighted by atomic mass is 32.1. The molecule has 2 heterocycles. The van der Waals surface area contributed by atoms with Gasteiger partial charge in [-0.3, -0.25) is 9.59 Å². The van der Waals surface area contributed by atoms with Crippen molar-refractivity contribution in [3.05, 3.63) is 76.5 Å². The van der Waals surface area contributed by atoms with Crippen LogP contribution in [-0.2, 0) is 22.6 Å². The van der Waals surface area contributed by atoms with Crippen molar-refractivity contribution in [2.75, 3.05) is 11.9 Å². The lowest BCUT2D eigenvalue weighted by molar-refractivity contribution is -0.133. The molecule has 7 heteroatoms. The first-order valence-electron chi connectivity index (χ1n) is 9.87. The van der Waals surface area contributed by atoms with Gasteiger partial charge in [-0.2, -0.15) is 10.2 Å². The molecule has 0 atom stereocenters. The molecule has 0 bridgehead atoms. The van der Waals surface area contributed by atoms with Crippen LogP contribution in [0, 0.1) is 0 Å². The molecule has 1 aliphatic rings. The Labute approximate surface area is 179 Å². The molecule has 152 valence electrons. The highest BCUT2D eigenvalue weighted by Gasteiger charge is 2.21. The number of benzene rings is 2. The predicted octanol–water partition coefficient (Wildman–Crippen LogP) is 5.47. The normalized spacial score (nSPS) is 13.3. The molecule has 6 nitrogen and oxygen atoms in total. The predicted molar refractivity (Wildman–Crippen MR) is 118 cm³/mol. The van der Waals surface area contributed by atoms with Crippen LogP contribution in [0.3, 0.4) is 0 Å². The molecule has 30 heavy (non-hydrogen) atoms. The fraction of sp³-hybridized carbons (Fsp3) is 0.217. The van der Waals surface area contributed by atoms with E-state index in [1.165, 1.54) is 10.4 Å². The molecule has 0 spiro atoms. The average Bonchev–Trinajstić information content (AvgIpc) is 3.26. The molecular weight excluding hydrogens is 396 g/mol. The van der Waals surface area contributed by atoms with Crippen molar-refractivity contribution in [1.29, 1.82) is 0 Å². The number of hydrogen-bond acceptors (Lipinski definition) is 5. The molecule has 0 radical (unpaired) electrons. The molecule has 0 aliphatic carbocycles. The Hall–Kier alpha value is -3.32. The highest BCUT2D eigenvalue weighted by molar-refractivity contribution is 7.10. The summed E-state index contributed by atoms with van der Waals surface area (Å²) in [7, 11) is 0. The van der Waals surface area contributed by atoms with Gasteiger partial charge >= 0.3 is 0 Å². The third kappa shape index (κ3) is 5.18. The Morgan fingerprint density at radius 2 is 1.67 bits per heavy atom. The van der Waals surface area contributed by atoms with Crippen LogP contribution in [0.2, 0.25) is 0 Å². The van der Waals surface area contributed by atoms with Gasteiger partial charge in [0.1, 0.15) is 0 Å². The van der Waals surface area contributed by atoms with E-state index in [9.17, 15) is 9.59 Å². The van der Waals surface area contributed by atoms with E-state index >= 15 is 0 Å². The SMILES string of the molecule is O=C(CCC(=O)N1CCc2sccc2C1)Nc1ccc(N=Nc2ccccc2)cc1. The van der Waals surface area contributed by atoms with Crippen LogP contribution in [0.1, 0.15) is 23.3 Å². The van der Waals surface area contributed by atoms with E-state index in [4.69, 9.17) is 0 Å². The number of amides is 2. The van der Waals surface area contributed by atoms with Gasteiger partial charge in [0.15, 0.2) is 0 Å². The van der Waals surface area contributed by atoms with Crippen molar-refractivity contribution in [3.8, 4) is 0 Å². The molecule has 1 N–H and O–H groups in total. The number of rotatable bonds is 6. The first kappa shape index (κ1) is 20.0. The van der Waals surface area contributed by atoms with Crippen LogP contribution in [0.25, 0.3) is 0 Å². The zero-order chi connectivity index (χ0) is 20.8. The number of anilines is 1. The van der Waals surface area contributed by atoms with Crippen LogP contribution in [0.4, 0.5) is 17.1 Å². The van der Waals surface area contributed by atoms with Crippen molar-refractivity contribution in [3.63, 3.8) is 0 Å². The summed E-state index contributed by atoms with van der Waals surface area (Å²) >= 11 is 1.75. The lowest BCUT2D eigenvalue weighted by Gasteiger charge is -2.27. The maximum absolute atomic E-state index is 12.4. The number of hydrogen-bond donors (Lipinski definition) is 1. The molecule has 0 fully saturated rings. The first-order valence-corrected chi connectivity index (χ1v) is 10.7. The summed E-state index contributed by atoms with van der Waals surface area (Å²) in [5.41, 5.74) is 3.38. The molecule has 1 aromatic heterocycles. The number of carbonyl (C=O) groups excluding carboxylic acids is 2. The van der Waals surface area contributed by atoms with Crippen LogP contribution in [0.15, 0.2) is 76.3 Å². The molecule has 0 saturated heterocycles. The van der Waals surface area contributed by atoms with Gasteiger partial charge in [0.25, 0.3) is 0 Å². The van der Waals surface area contributed by atoms with Crippen molar-refractivity contribution >= 4 is 40.2 Å². The van der Waals surface area contributed by atoms with Gasteiger partial charge in [-0.15, -0.1) is 11.3 Å². The third-order valence-corrected chi connectivity index (χ3v) is 5.94. The molecule has 0 saturated carbocycles. The largest absolute Gasteiger partial charge is 0.338 e. The van der Waals surface area contributed by atoms with E-state index in [0.717, 1.165) is 18.7 Å². The topological polar surface area (TPSA) is 74.1 Å². The molecule has 4 rings (SSSR count). The highest BCUT2D eigenvalue weighted by Crippen LogP contribution is 2.24. The smallest absolute Gasteiger partial charge is 0.224 e. The monoisotopic (exact) mass is 418 g/mol.